The molecule has 4 nitrogen and oxygen atoms in total. The van der Waals surface area contributed by atoms with Crippen molar-refractivity contribution in [1.82, 2.24) is 4.90 Å². The Hall–Kier alpha value is -1.55. The van der Waals surface area contributed by atoms with E-state index in [1.54, 1.807) is 4.90 Å². The van der Waals surface area contributed by atoms with E-state index in [4.69, 9.17) is 4.74 Å². The predicted octanol–water partition coefficient (Wildman–Crippen LogP) is 3.81. The molecule has 1 heterocycles. The molecule has 4 heteroatoms. The van der Waals surface area contributed by atoms with E-state index in [0.29, 0.717) is 0 Å². The smallest absolute Gasteiger partial charge is 0.411 e. The highest BCUT2D eigenvalue weighted by molar-refractivity contribution is 5.71. The largest absolute Gasteiger partial charge is 0.439 e. The monoisotopic (exact) mass is 291 g/mol. The topological polar surface area (TPSA) is 49.8 Å². The van der Waals surface area contributed by atoms with E-state index in [1.165, 1.54) is 0 Å². The van der Waals surface area contributed by atoms with E-state index in [0.717, 1.165) is 24.0 Å². The lowest BCUT2D eigenvalue weighted by molar-refractivity contribution is 0.128. The van der Waals surface area contributed by atoms with Gasteiger partial charge in [-0.1, -0.05) is 31.5 Å². The summed E-state index contributed by atoms with van der Waals surface area (Å²) < 4.78 is 5.53. The summed E-state index contributed by atoms with van der Waals surface area (Å²) in [5, 5.41) is 10.1. The summed E-state index contributed by atoms with van der Waals surface area (Å²) in [4.78, 5) is 13.7. The van der Waals surface area contributed by atoms with Gasteiger partial charge in [-0.25, -0.2) is 4.79 Å². The molecule has 0 spiro atoms. The number of ether oxygens (including phenoxy) is 1. The molecule has 1 N–H and O–H groups in total. The maximum atomic E-state index is 12.0. The minimum atomic E-state index is -0.455. The molecule has 1 aromatic carbocycles. The van der Waals surface area contributed by atoms with Crippen molar-refractivity contribution in [2.24, 2.45) is 0 Å². The molecule has 1 aliphatic heterocycles. The van der Waals surface area contributed by atoms with Gasteiger partial charge in [0.25, 0.3) is 0 Å². The number of benzene rings is 1. The zero-order chi connectivity index (χ0) is 15.6. The van der Waals surface area contributed by atoms with Crippen LogP contribution in [-0.4, -0.2) is 28.2 Å². The van der Waals surface area contributed by atoms with Crippen LogP contribution in [0.3, 0.4) is 0 Å². The second-order valence-corrected chi connectivity index (χ2v) is 6.02. The summed E-state index contributed by atoms with van der Waals surface area (Å²) in [6.07, 6.45) is 0.683. The van der Waals surface area contributed by atoms with Crippen LogP contribution in [0.1, 0.15) is 63.9 Å². The van der Waals surface area contributed by atoms with Crippen molar-refractivity contribution in [2.75, 3.05) is 0 Å². The highest BCUT2D eigenvalue weighted by Crippen LogP contribution is 2.34. The van der Waals surface area contributed by atoms with Gasteiger partial charge in [-0.05, 0) is 44.4 Å². The van der Waals surface area contributed by atoms with E-state index in [9.17, 15) is 9.90 Å². The lowest BCUT2D eigenvalue weighted by Gasteiger charge is -2.24. The van der Waals surface area contributed by atoms with Gasteiger partial charge in [0.2, 0.25) is 0 Å². The molecule has 0 saturated carbocycles. The predicted molar refractivity (Wildman–Crippen MR) is 82.0 cm³/mol. The number of amides is 1. The van der Waals surface area contributed by atoms with Crippen molar-refractivity contribution in [3.63, 3.8) is 0 Å². The summed E-state index contributed by atoms with van der Waals surface area (Å²) in [6.45, 7) is 8.03. The van der Waals surface area contributed by atoms with Crippen molar-refractivity contribution >= 4 is 6.09 Å². The Labute approximate surface area is 126 Å². The average molecular weight is 291 g/mol. The van der Waals surface area contributed by atoms with Crippen molar-refractivity contribution in [2.45, 2.75) is 64.8 Å². The Kier molecular flexibility index (Phi) is 4.88. The summed E-state index contributed by atoms with van der Waals surface area (Å²) in [5.74, 6) is 0. The molecule has 0 aliphatic carbocycles. The molecule has 3 atom stereocenters. The highest BCUT2D eigenvalue weighted by atomic mass is 16.6. The van der Waals surface area contributed by atoms with Gasteiger partial charge in [0, 0.05) is 6.04 Å². The van der Waals surface area contributed by atoms with Gasteiger partial charge in [-0.15, -0.1) is 0 Å². The molecular weight excluding hydrogens is 266 g/mol. The van der Waals surface area contributed by atoms with Gasteiger partial charge in [-0.2, -0.15) is 0 Å². The summed E-state index contributed by atoms with van der Waals surface area (Å²) in [5.41, 5.74) is 1.84. The van der Waals surface area contributed by atoms with Crippen LogP contribution in [0, 0.1) is 0 Å². The summed E-state index contributed by atoms with van der Waals surface area (Å²) in [7, 11) is 0. The molecule has 0 aromatic heterocycles. The lowest BCUT2D eigenvalue weighted by atomic mass is 9.97. The Bertz CT molecular complexity index is 501. The average Bonchev–Trinajstić information content (AvgIpc) is 2.74. The SMILES string of the molecule is CCCC(O)c1cccc([C@H]2OC(=O)N(C(C)C)[C@H]2C)c1. The van der Waals surface area contributed by atoms with Crippen LogP contribution in [0.2, 0.25) is 0 Å². The molecule has 2 rings (SSSR count). The van der Waals surface area contributed by atoms with E-state index >= 15 is 0 Å². The second-order valence-electron chi connectivity index (χ2n) is 6.02. The number of hydrogen-bond acceptors (Lipinski definition) is 3. The van der Waals surface area contributed by atoms with Crippen molar-refractivity contribution in [1.29, 1.82) is 0 Å². The van der Waals surface area contributed by atoms with Crippen LogP contribution in [-0.2, 0) is 4.74 Å². The third-order valence-corrected chi connectivity index (χ3v) is 4.06. The normalized spacial score (nSPS) is 23.5. The number of carbonyl (C=O) groups is 1. The number of carbonyl (C=O) groups excluding carboxylic acids is 1. The highest BCUT2D eigenvalue weighted by Gasteiger charge is 2.40. The first-order valence-electron chi connectivity index (χ1n) is 7.72. The lowest BCUT2D eigenvalue weighted by Crippen LogP contribution is -2.37. The Morgan fingerprint density at radius 2 is 2.10 bits per heavy atom. The first-order chi connectivity index (χ1) is 9.95. The number of rotatable bonds is 5. The van der Waals surface area contributed by atoms with Gasteiger partial charge in [0.15, 0.2) is 0 Å². The third-order valence-electron chi connectivity index (χ3n) is 4.06. The van der Waals surface area contributed by atoms with E-state index in [2.05, 4.69) is 6.92 Å². The quantitative estimate of drug-likeness (QED) is 0.897. The standard InChI is InChI=1S/C17H25NO3/c1-5-7-15(19)13-8-6-9-14(10-13)16-12(4)18(11(2)3)17(20)21-16/h6,8-12,15-16,19H,5,7H2,1-4H3/t12-,15?,16-/m0/s1. The number of aliphatic hydroxyl groups excluding tert-OH is 1. The van der Waals surface area contributed by atoms with Gasteiger partial charge in [0.05, 0.1) is 12.1 Å². The Morgan fingerprint density at radius 3 is 2.67 bits per heavy atom. The molecular formula is C17H25NO3. The fourth-order valence-corrected chi connectivity index (χ4v) is 2.99. The maximum absolute atomic E-state index is 12.0. The number of hydrogen-bond donors (Lipinski definition) is 1. The van der Waals surface area contributed by atoms with Crippen molar-refractivity contribution in [3.05, 3.63) is 35.4 Å². The first kappa shape index (κ1) is 15.8. The first-order valence-corrected chi connectivity index (χ1v) is 7.72. The van der Waals surface area contributed by atoms with Crippen LogP contribution < -0.4 is 0 Å². The fourth-order valence-electron chi connectivity index (χ4n) is 2.99. The Morgan fingerprint density at radius 1 is 1.38 bits per heavy atom. The minimum Gasteiger partial charge on any atom is -0.439 e. The molecule has 0 bridgehead atoms. The summed E-state index contributed by atoms with van der Waals surface area (Å²) >= 11 is 0. The van der Waals surface area contributed by atoms with Gasteiger partial charge in [-0.3, -0.25) is 4.90 Å². The van der Waals surface area contributed by atoms with E-state index < -0.39 is 6.10 Å². The number of cyclic esters (lactones) is 1. The van der Waals surface area contributed by atoms with Crippen LogP contribution in [0.25, 0.3) is 0 Å². The molecule has 1 unspecified atom stereocenters. The number of aliphatic hydroxyl groups is 1. The van der Waals surface area contributed by atoms with Gasteiger partial charge in [0.1, 0.15) is 6.10 Å². The van der Waals surface area contributed by atoms with Crippen molar-refractivity contribution < 1.29 is 14.6 Å². The van der Waals surface area contributed by atoms with Crippen LogP contribution in [0.4, 0.5) is 4.79 Å². The van der Waals surface area contributed by atoms with E-state index in [-0.39, 0.29) is 24.3 Å². The van der Waals surface area contributed by atoms with Gasteiger partial charge < -0.3 is 9.84 Å². The molecule has 21 heavy (non-hydrogen) atoms. The fraction of sp³-hybridized carbons (Fsp3) is 0.588. The molecule has 1 aromatic rings. The minimum absolute atomic E-state index is 0.00364. The van der Waals surface area contributed by atoms with Crippen molar-refractivity contribution in [3.8, 4) is 0 Å². The molecule has 1 fully saturated rings. The molecule has 1 amide bonds. The molecule has 1 aliphatic rings. The molecule has 1 saturated heterocycles. The summed E-state index contributed by atoms with van der Waals surface area (Å²) in [6, 6.07) is 7.87. The third kappa shape index (κ3) is 3.21. The van der Waals surface area contributed by atoms with E-state index in [1.807, 2.05) is 45.0 Å². The molecule has 0 radical (unpaired) electrons. The maximum Gasteiger partial charge on any atom is 0.411 e. The molecule has 116 valence electrons. The van der Waals surface area contributed by atoms with Crippen LogP contribution >= 0.6 is 0 Å². The zero-order valence-electron chi connectivity index (χ0n) is 13.2. The van der Waals surface area contributed by atoms with Gasteiger partial charge >= 0.3 is 6.09 Å². The van der Waals surface area contributed by atoms with Crippen LogP contribution in [0.5, 0.6) is 0 Å². The Balaban J connectivity index is 2.23. The van der Waals surface area contributed by atoms with Crippen LogP contribution in [0.15, 0.2) is 24.3 Å². The number of nitrogens with zero attached hydrogens (tertiary/aromatic N) is 1. The zero-order valence-corrected chi connectivity index (χ0v) is 13.2. The second kappa shape index (κ2) is 6.48.